The second-order valence-electron chi connectivity index (χ2n) is 17.3. The van der Waals surface area contributed by atoms with Crippen LogP contribution in [0.15, 0.2) is 48.7 Å². The summed E-state index contributed by atoms with van der Waals surface area (Å²) in [6.07, 6.45) is 18.0. The van der Waals surface area contributed by atoms with E-state index in [0.29, 0.717) is 30.6 Å². The van der Waals surface area contributed by atoms with Gasteiger partial charge in [0.25, 0.3) is 0 Å². The number of nitrogens with one attached hydrogen (secondary N) is 2. The number of likely N-dealkylation sites (tertiary alicyclic amines) is 2. The Bertz CT molecular complexity index is 2190. The van der Waals surface area contributed by atoms with Gasteiger partial charge in [-0.15, -0.1) is 0 Å². The van der Waals surface area contributed by atoms with Gasteiger partial charge in [-0.3, -0.25) is 9.59 Å². The van der Waals surface area contributed by atoms with Crippen molar-refractivity contribution >= 4 is 33.6 Å². The van der Waals surface area contributed by atoms with Crippen LogP contribution in [-0.2, 0) is 22.4 Å². The van der Waals surface area contributed by atoms with Crippen molar-refractivity contribution < 1.29 is 9.59 Å². The van der Waals surface area contributed by atoms with Crippen LogP contribution >= 0.6 is 0 Å². The highest BCUT2D eigenvalue weighted by Crippen LogP contribution is 2.41. The van der Waals surface area contributed by atoms with Crippen molar-refractivity contribution in [2.45, 2.75) is 135 Å². The highest BCUT2D eigenvalue weighted by Gasteiger charge is 2.37. The fourth-order valence-electron chi connectivity index (χ4n) is 10.4. The summed E-state index contributed by atoms with van der Waals surface area (Å²) >= 11 is 0. The summed E-state index contributed by atoms with van der Waals surface area (Å²) in [6, 6.07) is 16.1. The summed E-state index contributed by atoms with van der Waals surface area (Å²) in [5, 5.41) is 2.31. The lowest BCUT2D eigenvalue weighted by atomic mass is 9.82. The molecule has 3 aromatic carbocycles. The first kappa shape index (κ1) is 35.3. The molecule has 2 aliphatic heterocycles. The molecule has 8 heteroatoms. The second-order valence-corrected chi connectivity index (χ2v) is 17.3. The molecule has 0 bridgehead atoms. The number of benzene rings is 3. The predicted molar refractivity (Wildman–Crippen MR) is 216 cm³/mol. The van der Waals surface area contributed by atoms with Crippen molar-refractivity contribution in [1.29, 1.82) is 0 Å². The van der Waals surface area contributed by atoms with Crippen LogP contribution in [0.3, 0.4) is 0 Å². The van der Waals surface area contributed by atoms with Crippen LogP contribution in [0.5, 0.6) is 0 Å². The minimum Gasteiger partial charge on any atom is -0.340 e. The first-order chi connectivity index (χ1) is 26.3. The van der Waals surface area contributed by atoms with Crippen molar-refractivity contribution in [3.8, 4) is 22.4 Å². The van der Waals surface area contributed by atoms with E-state index in [1.54, 1.807) is 0 Å². The Labute approximate surface area is 319 Å². The lowest BCUT2D eigenvalue weighted by Gasteiger charge is -2.28. The van der Waals surface area contributed by atoms with Gasteiger partial charge < -0.3 is 19.8 Å². The fraction of sp³-hybridized carbons (Fsp3) is 0.522. The van der Waals surface area contributed by atoms with Crippen LogP contribution in [0.25, 0.3) is 44.2 Å². The zero-order valence-electron chi connectivity index (χ0n) is 32.4. The molecule has 54 heavy (non-hydrogen) atoms. The maximum Gasteiger partial charge on any atom is 0.223 e. The second kappa shape index (κ2) is 14.6. The molecule has 0 spiro atoms. The Morgan fingerprint density at radius 2 is 1.59 bits per heavy atom. The molecule has 8 nitrogen and oxygen atoms in total. The molecule has 2 aromatic heterocycles. The number of fused-ring (bicyclic) bond motifs is 4. The SMILES string of the molecule is CC(C)CC(=O)N1C(C)CCC1c1nc2c(ccc3cc(-c4ccc(-c5cnc(C6CCCN6C(=O)CC6CCCCC6)[nH]5)c5c4CCCC5)ccc32)[nH]1. The highest BCUT2D eigenvalue weighted by atomic mass is 16.2. The van der Waals surface area contributed by atoms with Gasteiger partial charge in [-0.1, -0.05) is 63.4 Å². The molecule has 2 N–H and O–H groups in total. The highest BCUT2D eigenvalue weighted by molar-refractivity contribution is 6.05. The summed E-state index contributed by atoms with van der Waals surface area (Å²) in [5.74, 6) is 3.28. The quantitative estimate of drug-likeness (QED) is 0.166. The number of rotatable bonds is 8. The van der Waals surface area contributed by atoms with Crippen molar-refractivity contribution in [1.82, 2.24) is 29.7 Å². The molecule has 4 aliphatic rings. The lowest BCUT2D eigenvalue weighted by Crippen LogP contribution is -2.36. The summed E-state index contributed by atoms with van der Waals surface area (Å²) in [4.78, 5) is 48.4. The number of imidazole rings is 2. The van der Waals surface area contributed by atoms with Crippen molar-refractivity contribution in [2.24, 2.45) is 11.8 Å². The molecule has 0 radical (unpaired) electrons. The third kappa shape index (κ3) is 6.53. The molecule has 1 saturated carbocycles. The molecule has 282 valence electrons. The van der Waals surface area contributed by atoms with Crippen LogP contribution in [-0.4, -0.2) is 54.1 Å². The number of nitrogens with zero attached hydrogens (tertiary/aromatic N) is 4. The van der Waals surface area contributed by atoms with Gasteiger partial charge in [0.1, 0.15) is 11.6 Å². The molecule has 4 heterocycles. The van der Waals surface area contributed by atoms with Gasteiger partial charge in [0.2, 0.25) is 11.8 Å². The van der Waals surface area contributed by atoms with Crippen LogP contribution in [0, 0.1) is 11.8 Å². The Morgan fingerprint density at radius 3 is 2.41 bits per heavy atom. The fourth-order valence-corrected chi connectivity index (χ4v) is 10.4. The van der Waals surface area contributed by atoms with E-state index in [4.69, 9.17) is 9.97 Å². The maximum atomic E-state index is 13.5. The minimum absolute atomic E-state index is 0.00482. The number of aromatic amines is 2. The standard InChI is InChI=1S/C46H56N6O2/c1-28(2)24-43(54)52-29(3)15-22-41(52)46-48-38-21-17-32-26-31(16-18-34(32)44(38)50-46)33-19-20-37(36-13-8-7-12-35(33)36)39-27-47-45(49-39)40-14-9-23-51(40)42(53)25-30-10-5-4-6-11-30/h16-21,26-30,40-41H,4-15,22-25H2,1-3H3,(H,47,49)(H,48,50). The zero-order chi connectivity index (χ0) is 36.9. The van der Waals surface area contributed by atoms with Crippen LogP contribution in [0.4, 0.5) is 0 Å². The molecule has 3 atom stereocenters. The molecule has 3 unspecified atom stereocenters. The molecule has 9 rings (SSSR count). The van der Waals surface area contributed by atoms with E-state index >= 15 is 0 Å². The summed E-state index contributed by atoms with van der Waals surface area (Å²) in [6.45, 7) is 7.23. The van der Waals surface area contributed by atoms with Crippen LogP contribution in [0.1, 0.15) is 139 Å². The summed E-state index contributed by atoms with van der Waals surface area (Å²) < 4.78 is 0. The van der Waals surface area contributed by atoms with Crippen molar-refractivity contribution in [2.75, 3.05) is 6.54 Å². The Morgan fingerprint density at radius 1 is 0.796 bits per heavy atom. The largest absolute Gasteiger partial charge is 0.340 e. The number of amides is 2. The third-order valence-electron chi connectivity index (χ3n) is 13.1. The van der Waals surface area contributed by atoms with E-state index in [1.807, 2.05) is 6.20 Å². The first-order valence-electron chi connectivity index (χ1n) is 21.1. The molecular weight excluding hydrogens is 669 g/mol. The number of aromatic nitrogens is 4. The Hall–Kier alpha value is -4.46. The summed E-state index contributed by atoms with van der Waals surface area (Å²) in [7, 11) is 0. The third-order valence-corrected chi connectivity index (χ3v) is 13.1. The number of carbonyl (C=O) groups is 2. The Balaban J connectivity index is 0.987. The van der Waals surface area contributed by atoms with Gasteiger partial charge in [-0.05, 0) is 123 Å². The van der Waals surface area contributed by atoms with Crippen LogP contribution < -0.4 is 0 Å². The topological polar surface area (TPSA) is 98.0 Å². The van der Waals surface area contributed by atoms with Crippen molar-refractivity contribution in [3.63, 3.8) is 0 Å². The maximum absolute atomic E-state index is 13.5. The molecule has 2 amide bonds. The molecule has 5 aromatic rings. The van der Waals surface area contributed by atoms with E-state index in [1.165, 1.54) is 78.1 Å². The normalized spacial score (nSPS) is 22.2. The van der Waals surface area contributed by atoms with Gasteiger partial charge in [0, 0.05) is 36.4 Å². The minimum atomic E-state index is -0.00482. The monoisotopic (exact) mass is 724 g/mol. The van der Waals surface area contributed by atoms with E-state index in [0.717, 1.165) is 78.8 Å². The van der Waals surface area contributed by atoms with Crippen LogP contribution in [0.2, 0.25) is 0 Å². The lowest BCUT2D eigenvalue weighted by molar-refractivity contribution is -0.135. The van der Waals surface area contributed by atoms with Gasteiger partial charge in [0.15, 0.2) is 0 Å². The molecular formula is C46H56N6O2. The molecule has 3 fully saturated rings. The number of carbonyl (C=O) groups excluding carboxylic acids is 2. The predicted octanol–water partition coefficient (Wildman–Crippen LogP) is 10.4. The van der Waals surface area contributed by atoms with E-state index < -0.39 is 0 Å². The Kier molecular flexibility index (Phi) is 9.56. The van der Waals surface area contributed by atoms with Crippen molar-refractivity contribution in [3.05, 3.63) is 71.4 Å². The van der Waals surface area contributed by atoms with Gasteiger partial charge in [-0.2, -0.15) is 0 Å². The summed E-state index contributed by atoms with van der Waals surface area (Å²) in [5.41, 5.74) is 9.75. The van der Waals surface area contributed by atoms with Gasteiger partial charge >= 0.3 is 0 Å². The van der Waals surface area contributed by atoms with E-state index in [-0.39, 0.29) is 24.0 Å². The van der Waals surface area contributed by atoms with E-state index in [2.05, 4.69) is 83.0 Å². The first-order valence-corrected chi connectivity index (χ1v) is 21.1. The number of hydrogen-bond acceptors (Lipinski definition) is 4. The zero-order valence-corrected chi connectivity index (χ0v) is 32.4. The average molecular weight is 725 g/mol. The molecule has 2 aliphatic carbocycles. The molecule has 2 saturated heterocycles. The van der Waals surface area contributed by atoms with E-state index in [9.17, 15) is 9.59 Å². The number of hydrogen-bond donors (Lipinski definition) is 2. The van der Waals surface area contributed by atoms with Gasteiger partial charge in [0.05, 0.1) is 35.0 Å². The smallest absolute Gasteiger partial charge is 0.223 e. The number of H-pyrrole nitrogens is 2. The van der Waals surface area contributed by atoms with Gasteiger partial charge in [-0.25, -0.2) is 9.97 Å². The average Bonchev–Trinajstić information content (AvgIpc) is 4.00.